The molecule has 3 rings (SSSR count). The fourth-order valence-corrected chi connectivity index (χ4v) is 3.02. The average Bonchev–Trinajstić information content (AvgIpc) is 2.82. The summed E-state index contributed by atoms with van der Waals surface area (Å²) in [5.41, 5.74) is -0.159. The van der Waals surface area contributed by atoms with Crippen molar-refractivity contribution in [3.05, 3.63) is 89.5 Å². The third-order valence-corrected chi connectivity index (χ3v) is 4.68. The number of ether oxygens (including phenoxy) is 1. The zero-order valence-electron chi connectivity index (χ0n) is 17.7. The molecular weight excluding hydrogens is 435 g/mol. The van der Waals surface area contributed by atoms with Crippen molar-refractivity contribution in [3.8, 4) is 5.75 Å². The number of benzene rings is 3. The van der Waals surface area contributed by atoms with E-state index in [-0.39, 0.29) is 24.5 Å². The van der Waals surface area contributed by atoms with Crippen LogP contribution in [0.2, 0.25) is 0 Å². The van der Waals surface area contributed by atoms with E-state index in [1.54, 1.807) is 54.6 Å². The summed E-state index contributed by atoms with van der Waals surface area (Å²) in [6, 6.07) is 18.6. The van der Waals surface area contributed by atoms with Gasteiger partial charge in [-0.2, -0.15) is 13.2 Å². The fraction of sp³-hybridized carbons (Fsp3) is 0.167. The molecule has 0 aromatic heterocycles. The molecule has 6 nitrogen and oxygen atoms in total. The predicted molar refractivity (Wildman–Crippen MR) is 119 cm³/mol. The van der Waals surface area contributed by atoms with Crippen LogP contribution in [0.1, 0.15) is 21.5 Å². The smallest absolute Gasteiger partial charge is 0.418 e. The zero-order chi connectivity index (χ0) is 23.8. The molecule has 0 aliphatic carbocycles. The van der Waals surface area contributed by atoms with Crippen LogP contribution in [0.15, 0.2) is 72.8 Å². The van der Waals surface area contributed by atoms with Crippen LogP contribution in [0, 0.1) is 0 Å². The highest BCUT2D eigenvalue weighted by molar-refractivity contribution is 6.04. The summed E-state index contributed by atoms with van der Waals surface area (Å²) in [5.74, 6) is -0.372. The molecule has 0 fully saturated rings. The lowest BCUT2D eigenvalue weighted by molar-refractivity contribution is -0.137. The number of nitrogens with one attached hydrogen (secondary N) is 3. The second-order valence-corrected chi connectivity index (χ2v) is 7.06. The van der Waals surface area contributed by atoms with Gasteiger partial charge in [0.1, 0.15) is 5.75 Å². The van der Waals surface area contributed by atoms with Crippen LogP contribution in [-0.2, 0) is 17.5 Å². The first-order chi connectivity index (χ1) is 15.8. The normalized spacial score (nSPS) is 10.9. The van der Waals surface area contributed by atoms with Gasteiger partial charge in [0.2, 0.25) is 5.91 Å². The minimum absolute atomic E-state index is 0.01000. The van der Waals surface area contributed by atoms with Crippen molar-refractivity contribution in [3.63, 3.8) is 0 Å². The number of methoxy groups -OCH3 is 1. The zero-order valence-corrected chi connectivity index (χ0v) is 17.7. The Morgan fingerprint density at radius 2 is 1.70 bits per heavy atom. The van der Waals surface area contributed by atoms with Gasteiger partial charge in [-0.1, -0.05) is 30.3 Å². The van der Waals surface area contributed by atoms with Gasteiger partial charge < -0.3 is 20.7 Å². The first-order valence-corrected chi connectivity index (χ1v) is 9.97. The predicted octanol–water partition coefficient (Wildman–Crippen LogP) is 4.69. The molecule has 0 aliphatic rings. The van der Waals surface area contributed by atoms with Gasteiger partial charge in [-0.3, -0.25) is 9.59 Å². The van der Waals surface area contributed by atoms with E-state index in [0.29, 0.717) is 11.3 Å². The second-order valence-electron chi connectivity index (χ2n) is 7.06. The van der Waals surface area contributed by atoms with E-state index in [2.05, 4.69) is 16.0 Å². The molecule has 9 heteroatoms. The van der Waals surface area contributed by atoms with Gasteiger partial charge in [-0.15, -0.1) is 0 Å². The van der Waals surface area contributed by atoms with E-state index >= 15 is 0 Å². The lowest BCUT2D eigenvalue weighted by Gasteiger charge is -2.16. The molecular formula is C24H22F3N3O3. The van der Waals surface area contributed by atoms with Crippen molar-refractivity contribution in [2.75, 3.05) is 24.3 Å². The maximum atomic E-state index is 13.6. The Kier molecular flexibility index (Phi) is 7.55. The molecule has 0 bridgehead atoms. The van der Waals surface area contributed by atoms with Crippen LogP contribution in [0.3, 0.4) is 0 Å². The third kappa shape index (κ3) is 6.73. The number of carbonyl (C=O) groups excluding carboxylic acids is 2. The van der Waals surface area contributed by atoms with Crippen molar-refractivity contribution >= 4 is 23.2 Å². The van der Waals surface area contributed by atoms with Crippen LogP contribution in [-0.4, -0.2) is 25.5 Å². The standard InChI is InChI=1S/C24H22F3N3O3/c1-33-19-9-5-6-16(12-19)14-29-22(31)15-28-21-11-10-18(13-20(21)24(25,26)27)30-23(32)17-7-3-2-4-8-17/h2-13,28H,14-15H2,1H3,(H,29,31)(H,30,32). The highest BCUT2D eigenvalue weighted by atomic mass is 19.4. The van der Waals surface area contributed by atoms with Gasteiger partial charge in [-0.05, 0) is 48.0 Å². The minimum atomic E-state index is -4.69. The van der Waals surface area contributed by atoms with Gasteiger partial charge in [0.15, 0.2) is 0 Å². The maximum absolute atomic E-state index is 13.6. The Hall–Kier alpha value is -4.01. The summed E-state index contributed by atoms with van der Waals surface area (Å²) in [7, 11) is 1.53. The number of halogens is 3. The number of alkyl halides is 3. The molecule has 0 saturated heterocycles. The molecule has 172 valence electrons. The summed E-state index contributed by atoms with van der Waals surface area (Å²) in [6.07, 6.45) is -4.69. The van der Waals surface area contributed by atoms with Crippen LogP contribution >= 0.6 is 0 Å². The SMILES string of the molecule is COc1cccc(CNC(=O)CNc2ccc(NC(=O)c3ccccc3)cc2C(F)(F)F)c1. The molecule has 0 spiro atoms. The Morgan fingerprint density at radius 1 is 0.939 bits per heavy atom. The monoisotopic (exact) mass is 457 g/mol. The number of anilines is 2. The van der Waals surface area contributed by atoms with E-state index in [4.69, 9.17) is 4.74 Å². The van der Waals surface area contributed by atoms with Crippen molar-refractivity contribution in [1.82, 2.24) is 5.32 Å². The van der Waals surface area contributed by atoms with Gasteiger partial charge in [0.25, 0.3) is 5.91 Å². The van der Waals surface area contributed by atoms with Crippen LogP contribution in [0.4, 0.5) is 24.5 Å². The molecule has 33 heavy (non-hydrogen) atoms. The number of amides is 2. The largest absolute Gasteiger partial charge is 0.497 e. The lowest BCUT2D eigenvalue weighted by Crippen LogP contribution is -2.30. The molecule has 3 aromatic carbocycles. The molecule has 2 amide bonds. The Labute approximate surface area is 188 Å². The third-order valence-electron chi connectivity index (χ3n) is 4.68. The topological polar surface area (TPSA) is 79.5 Å². The Bertz CT molecular complexity index is 1120. The molecule has 3 aromatic rings. The van der Waals surface area contributed by atoms with Gasteiger partial charge >= 0.3 is 6.18 Å². The van der Waals surface area contributed by atoms with Crippen LogP contribution < -0.4 is 20.7 Å². The minimum Gasteiger partial charge on any atom is -0.497 e. The van der Waals surface area contributed by atoms with E-state index in [1.807, 2.05) is 0 Å². The summed E-state index contributed by atoms with van der Waals surface area (Å²) in [6.45, 7) is -0.156. The van der Waals surface area contributed by atoms with E-state index in [0.717, 1.165) is 11.6 Å². The quantitative estimate of drug-likeness (QED) is 0.458. The summed E-state index contributed by atoms with van der Waals surface area (Å²) in [5, 5.41) is 7.61. The summed E-state index contributed by atoms with van der Waals surface area (Å²) < 4.78 is 45.9. The number of carbonyl (C=O) groups is 2. The lowest BCUT2D eigenvalue weighted by atomic mass is 10.1. The van der Waals surface area contributed by atoms with Crippen molar-refractivity contribution < 1.29 is 27.5 Å². The van der Waals surface area contributed by atoms with Crippen molar-refractivity contribution in [1.29, 1.82) is 0 Å². The number of rotatable bonds is 8. The number of hydrogen-bond acceptors (Lipinski definition) is 4. The van der Waals surface area contributed by atoms with Crippen LogP contribution in [0.5, 0.6) is 5.75 Å². The molecule has 0 heterocycles. The second kappa shape index (κ2) is 10.5. The Balaban J connectivity index is 1.64. The van der Waals surface area contributed by atoms with Crippen LogP contribution in [0.25, 0.3) is 0 Å². The molecule has 0 radical (unpaired) electrons. The first-order valence-electron chi connectivity index (χ1n) is 9.97. The van der Waals surface area contributed by atoms with E-state index in [9.17, 15) is 22.8 Å². The van der Waals surface area contributed by atoms with Gasteiger partial charge in [-0.25, -0.2) is 0 Å². The van der Waals surface area contributed by atoms with Gasteiger partial charge in [0.05, 0.1) is 19.2 Å². The maximum Gasteiger partial charge on any atom is 0.418 e. The molecule has 3 N–H and O–H groups in total. The fourth-order valence-electron chi connectivity index (χ4n) is 3.02. The first kappa shape index (κ1) is 23.6. The molecule has 0 aliphatic heterocycles. The van der Waals surface area contributed by atoms with Gasteiger partial charge in [0, 0.05) is 23.5 Å². The molecule has 0 atom stereocenters. The highest BCUT2D eigenvalue weighted by Crippen LogP contribution is 2.36. The van der Waals surface area contributed by atoms with E-state index in [1.165, 1.54) is 19.2 Å². The van der Waals surface area contributed by atoms with E-state index < -0.39 is 23.6 Å². The summed E-state index contributed by atoms with van der Waals surface area (Å²) in [4.78, 5) is 24.4. The Morgan fingerprint density at radius 3 is 2.39 bits per heavy atom. The average molecular weight is 457 g/mol. The summed E-state index contributed by atoms with van der Waals surface area (Å²) >= 11 is 0. The van der Waals surface area contributed by atoms with Crippen molar-refractivity contribution in [2.24, 2.45) is 0 Å². The highest BCUT2D eigenvalue weighted by Gasteiger charge is 2.34. The molecule has 0 saturated carbocycles. The van der Waals surface area contributed by atoms with Crippen molar-refractivity contribution in [2.45, 2.75) is 12.7 Å². The number of hydrogen-bond donors (Lipinski definition) is 3. The molecule has 0 unspecified atom stereocenters.